The van der Waals surface area contributed by atoms with E-state index in [2.05, 4.69) is 25.9 Å². The second kappa shape index (κ2) is 3.85. The molecule has 3 rings (SSSR count). The molecular formula is C12H9BrN4. The minimum atomic E-state index is 0.648. The van der Waals surface area contributed by atoms with E-state index in [0.717, 1.165) is 21.4 Å². The van der Waals surface area contributed by atoms with Crippen LogP contribution in [0.25, 0.3) is 16.9 Å². The van der Waals surface area contributed by atoms with Crippen molar-refractivity contribution >= 4 is 27.3 Å². The summed E-state index contributed by atoms with van der Waals surface area (Å²) in [4.78, 5) is 8.58. The van der Waals surface area contributed by atoms with Crippen LogP contribution >= 0.6 is 15.9 Å². The van der Waals surface area contributed by atoms with Gasteiger partial charge in [0.1, 0.15) is 0 Å². The van der Waals surface area contributed by atoms with Gasteiger partial charge < -0.3 is 10.1 Å². The molecule has 0 aliphatic carbocycles. The summed E-state index contributed by atoms with van der Waals surface area (Å²) in [5.41, 5.74) is 9.17. The fourth-order valence-corrected chi connectivity index (χ4v) is 2.21. The molecule has 84 valence electrons. The Morgan fingerprint density at radius 2 is 2.18 bits per heavy atom. The largest absolute Gasteiger partial charge is 0.396 e. The molecule has 0 bridgehead atoms. The molecule has 2 N–H and O–H groups in total. The molecule has 0 saturated heterocycles. The Kier molecular flexibility index (Phi) is 2.33. The van der Waals surface area contributed by atoms with E-state index in [-0.39, 0.29) is 0 Å². The number of nitrogens with zero attached hydrogens (tertiary/aromatic N) is 3. The van der Waals surface area contributed by atoms with Crippen LogP contribution < -0.4 is 5.73 Å². The Balaban J connectivity index is 2.24. The number of nitrogen functional groups attached to an aromatic ring is 1. The zero-order valence-electron chi connectivity index (χ0n) is 8.84. The number of imidazole rings is 1. The number of rotatable bonds is 1. The summed E-state index contributed by atoms with van der Waals surface area (Å²) in [6.07, 6.45) is 7.39. The molecule has 0 unspecified atom stereocenters. The number of aromatic nitrogens is 3. The molecule has 0 fully saturated rings. The lowest BCUT2D eigenvalue weighted by atomic mass is 10.2. The number of anilines is 1. The van der Waals surface area contributed by atoms with Gasteiger partial charge in [0.05, 0.1) is 11.4 Å². The summed E-state index contributed by atoms with van der Waals surface area (Å²) in [6.45, 7) is 0. The molecule has 3 aromatic heterocycles. The van der Waals surface area contributed by atoms with Gasteiger partial charge in [-0.05, 0) is 34.1 Å². The maximum absolute atomic E-state index is 5.92. The Labute approximate surface area is 106 Å². The van der Waals surface area contributed by atoms with Gasteiger partial charge >= 0.3 is 0 Å². The predicted octanol–water partition coefficient (Wildman–Crippen LogP) is 2.74. The van der Waals surface area contributed by atoms with Crippen LogP contribution in [0.4, 0.5) is 5.69 Å². The van der Waals surface area contributed by atoms with Crippen LogP contribution in [-0.2, 0) is 0 Å². The standard InChI is InChI=1S/C12H9BrN4/c13-9-4-10(14)12-16-11(7-17(12)6-9)8-2-1-3-15-5-8/h1-7H,14H2. The van der Waals surface area contributed by atoms with Crippen LogP contribution in [0.15, 0.2) is 47.5 Å². The first-order valence-corrected chi connectivity index (χ1v) is 5.87. The number of hydrogen-bond acceptors (Lipinski definition) is 3. The number of nitrogens with two attached hydrogens (primary N) is 1. The lowest BCUT2D eigenvalue weighted by Gasteiger charge is -1.97. The van der Waals surface area contributed by atoms with Gasteiger partial charge in [-0.2, -0.15) is 0 Å². The quantitative estimate of drug-likeness (QED) is 0.749. The first kappa shape index (κ1) is 10.3. The van der Waals surface area contributed by atoms with E-state index in [0.29, 0.717) is 5.69 Å². The van der Waals surface area contributed by atoms with Gasteiger partial charge in [-0.25, -0.2) is 4.98 Å². The fraction of sp³-hybridized carbons (Fsp3) is 0. The third kappa shape index (κ3) is 1.78. The van der Waals surface area contributed by atoms with Crippen molar-refractivity contribution in [1.82, 2.24) is 14.4 Å². The van der Waals surface area contributed by atoms with Crippen molar-refractivity contribution in [2.75, 3.05) is 5.73 Å². The van der Waals surface area contributed by atoms with Crippen molar-refractivity contribution in [3.05, 3.63) is 47.5 Å². The van der Waals surface area contributed by atoms with E-state index in [9.17, 15) is 0 Å². The van der Waals surface area contributed by atoms with Crippen LogP contribution in [-0.4, -0.2) is 14.4 Å². The lowest BCUT2D eigenvalue weighted by molar-refractivity contribution is 1.18. The molecule has 5 heteroatoms. The molecule has 0 amide bonds. The summed E-state index contributed by atoms with van der Waals surface area (Å²) in [6, 6.07) is 5.70. The maximum atomic E-state index is 5.92. The normalized spacial score (nSPS) is 10.9. The van der Waals surface area contributed by atoms with Crippen molar-refractivity contribution in [2.24, 2.45) is 0 Å². The van der Waals surface area contributed by atoms with Crippen LogP contribution in [0.3, 0.4) is 0 Å². The first-order valence-electron chi connectivity index (χ1n) is 5.08. The second-order valence-corrected chi connectivity index (χ2v) is 4.63. The highest BCUT2D eigenvalue weighted by Gasteiger charge is 2.07. The zero-order chi connectivity index (χ0) is 11.8. The van der Waals surface area contributed by atoms with Gasteiger partial charge in [0, 0.05) is 34.8 Å². The van der Waals surface area contributed by atoms with Crippen LogP contribution in [0.2, 0.25) is 0 Å². The minimum absolute atomic E-state index is 0.648. The smallest absolute Gasteiger partial charge is 0.160 e. The number of hydrogen-bond donors (Lipinski definition) is 1. The fourth-order valence-electron chi connectivity index (χ4n) is 1.74. The van der Waals surface area contributed by atoms with Crippen LogP contribution in [0.1, 0.15) is 0 Å². The van der Waals surface area contributed by atoms with Gasteiger partial charge in [-0.3, -0.25) is 4.98 Å². The Morgan fingerprint density at radius 3 is 2.94 bits per heavy atom. The lowest BCUT2D eigenvalue weighted by Crippen LogP contribution is -1.91. The van der Waals surface area contributed by atoms with E-state index < -0.39 is 0 Å². The third-order valence-electron chi connectivity index (χ3n) is 2.50. The average molecular weight is 289 g/mol. The predicted molar refractivity (Wildman–Crippen MR) is 70.5 cm³/mol. The number of halogens is 1. The Bertz CT molecular complexity index is 676. The molecule has 3 aromatic rings. The molecule has 0 aliphatic rings. The summed E-state index contributed by atoms with van der Waals surface area (Å²) < 4.78 is 2.83. The average Bonchev–Trinajstić information content (AvgIpc) is 2.74. The van der Waals surface area contributed by atoms with Gasteiger partial charge in [0.25, 0.3) is 0 Å². The molecule has 17 heavy (non-hydrogen) atoms. The molecule has 0 radical (unpaired) electrons. The molecular weight excluding hydrogens is 280 g/mol. The van der Waals surface area contributed by atoms with Gasteiger partial charge in [0.2, 0.25) is 0 Å². The summed E-state index contributed by atoms with van der Waals surface area (Å²) in [7, 11) is 0. The molecule has 3 heterocycles. The third-order valence-corrected chi connectivity index (χ3v) is 2.94. The molecule has 0 atom stereocenters. The zero-order valence-corrected chi connectivity index (χ0v) is 10.4. The van der Waals surface area contributed by atoms with E-state index in [1.54, 1.807) is 12.4 Å². The highest BCUT2D eigenvalue weighted by molar-refractivity contribution is 9.10. The SMILES string of the molecule is Nc1cc(Br)cn2cc(-c3cccnc3)nc12. The molecule has 4 nitrogen and oxygen atoms in total. The molecule has 0 saturated carbocycles. The van der Waals surface area contributed by atoms with Gasteiger partial charge in [0.15, 0.2) is 5.65 Å². The van der Waals surface area contributed by atoms with Gasteiger partial charge in [-0.15, -0.1) is 0 Å². The highest BCUT2D eigenvalue weighted by atomic mass is 79.9. The van der Waals surface area contributed by atoms with Gasteiger partial charge in [-0.1, -0.05) is 0 Å². The van der Waals surface area contributed by atoms with E-state index in [4.69, 9.17) is 5.73 Å². The van der Waals surface area contributed by atoms with Crippen molar-refractivity contribution in [1.29, 1.82) is 0 Å². The first-order chi connectivity index (χ1) is 8.24. The van der Waals surface area contributed by atoms with E-state index >= 15 is 0 Å². The van der Waals surface area contributed by atoms with E-state index in [1.165, 1.54) is 0 Å². The minimum Gasteiger partial charge on any atom is -0.396 e. The van der Waals surface area contributed by atoms with Crippen molar-refractivity contribution in [3.63, 3.8) is 0 Å². The summed E-state index contributed by atoms with van der Waals surface area (Å²) in [5.74, 6) is 0. The monoisotopic (exact) mass is 288 g/mol. The van der Waals surface area contributed by atoms with Crippen molar-refractivity contribution in [2.45, 2.75) is 0 Å². The Morgan fingerprint density at radius 1 is 1.29 bits per heavy atom. The van der Waals surface area contributed by atoms with E-state index in [1.807, 2.05) is 35.0 Å². The van der Waals surface area contributed by atoms with Crippen LogP contribution in [0.5, 0.6) is 0 Å². The second-order valence-electron chi connectivity index (χ2n) is 3.71. The maximum Gasteiger partial charge on any atom is 0.160 e. The molecule has 0 aliphatic heterocycles. The summed E-state index contributed by atoms with van der Waals surface area (Å²) >= 11 is 3.41. The topological polar surface area (TPSA) is 56.2 Å². The number of pyridine rings is 2. The van der Waals surface area contributed by atoms with Crippen molar-refractivity contribution in [3.8, 4) is 11.3 Å². The number of fused-ring (bicyclic) bond motifs is 1. The highest BCUT2D eigenvalue weighted by Crippen LogP contribution is 2.23. The van der Waals surface area contributed by atoms with Crippen LogP contribution in [0, 0.1) is 0 Å². The van der Waals surface area contributed by atoms with Crippen molar-refractivity contribution < 1.29 is 0 Å². The molecule has 0 spiro atoms. The molecule has 0 aromatic carbocycles. The summed E-state index contributed by atoms with van der Waals surface area (Å²) in [5, 5.41) is 0. The Hall–Kier alpha value is -1.88.